The smallest absolute Gasteiger partial charge is 0.0539 e. The predicted octanol–water partition coefficient (Wildman–Crippen LogP) is 3.74. The van der Waals surface area contributed by atoms with E-state index in [-0.39, 0.29) is 0 Å². The van der Waals surface area contributed by atoms with Crippen LogP contribution in [0.4, 0.5) is 5.69 Å². The molecule has 1 aromatic carbocycles. The van der Waals surface area contributed by atoms with E-state index in [0.717, 1.165) is 0 Å². The van der Waals surface area contributed by atoms with Gasteiger partial charge in [-0.05, 0) is 24.5 Å². The number of hydrogen-bond donors (Lipinski definition) is 0. The van der Waals surface area contributed by atoms with Gasteiger partial charge in [-0.25, -0.2) is 0 Å². The summed E-state index contributed by atoms with van der Waals surface area (Å²) < 4.78 is 0. The fourth-order valence-corrected chi connectivity index (χ4v) is 3.26. The van der Waals surface area contributed by atoms with Crippen molar-refractivity contribution in [2.75, 3.05) is 17.7 Å². The van der Waals surface area contributed by atoms with Crippen molar-refractivity contribution >= 4 is 17.4 Å². The molecule has 0 aliphatic carbocycles. The SMILES string of the molecule is CC(C)c1cccc2c1N(C)C(C)CS2. The Bertz CT molecular complexity index is 360. The van der Waals surface area contributed by atoms with Crippen molar-refractivity contribution < 1.29 is 0 Å². The summed E-state index contributed by atoms with van der Waals surface area (Å²) in [5.74, 6) is 1.80. The highest BCUT2D eigenvalue weighted by Crippen LogP contribution is 2.41. The molecule has 0 bridgehead atoms. The van der Waals surface area contributed by atoms with Crippen molar-refractivity contribution in [2.24, 2.45) is 0 Å². The average Bonchev–Trinajstić information content (AvgIpc) is 2.23. The number of fused-ring (bicyclic) bond motifs is 1. The minimum absolute atomic E-state index is 0.605. The second-order valence-corrected chi connectivity index (χ2v) is 5.68. The number of benzene rings is 1. The monoisotopic (exact) mass is 221 g/mol. The molecule has 0 saturated heterocycles. The van der Waals surface area contributed by atoms with Crippen LogP contribution >= 0.6 is 11.8 Å². The molecule has 0 fully saturated rings. The third-order valence-corrected chi connectivity index (χ3v) is 4.44. The Balaban J connectivity index is 2.52. The van der Waals surface area contributed by atoms with Gasteiger partial charge in [-0.1, -0.05) is 26.0 Å². The van der Waals surface area contributed by atoms with E-state index < -0.39 is 0 Å². The molecule has 82 valence electrons. The minimum Gasteiger partial charge on any atom is -0.370 e. The number of rotatable bonds is 1. The predicted molar refractivity (Wildman–Crippen MR) is 69.1 cm³/mol. The summed E-state index contributed by atoms with van der Waals surface area (Å²) in [5, 5.41) is 0. The number of thioether (sulfide) groups is 1. The van der Waals surface area contributed by atoms with Gasteiger partial charge in [0.05, 0.1) is 5.69 Å². The second kappa shape index (κ2) is 4.09. The van der Waals surface area contributed by atoms with Gasteiger partial charge in [-0.15, -0.1) is 11.8 Å². The van der Waals surface area contributed by atoms with Crippen LogP contribution in [0.1, 0.15) is 32.3 Å². The molecule has 1 aliphatic heterocycles. The van der Waals surface area contributed by atoms with Gasteiger partial charge in [-0.3, -0.25) is 0 Å². The standard InChI is InChI=1S/C13H19NS/c1-9(2)11-6-5-7-12-13(11)14(4)10(3)8-15-12/h5-7,9-10H,8H2,1-4H3. The van der Waals surface area contributed by atoms with Crippen molar-refractivity contribution in [1.29, 1.82) is 0 Å². The van der Waals surface area contributed by atoms with Crippen molar-refractivity contribution in [3.8, 4) is 0 Å². The van der Waals surface area contributed by atoms with E-state index in [9.17, 15) is 0 Å². The minimum atomic E-state index is 0.605. The van der Waals surface area contributed by atoms with Gasteiger partial charge >= 0.3 is 0 Å². The zero-order chi connectivity index (χ0) is 11.0. The number of anilines is 1. The highest BCUT2D eigenvalue weighted by atomic mass is 32.2. The van der Waals surface area contributed by atoms with Crippen LogP contribution in [0, 0.1) is 0 Å². The first-order valence-electron chi connectivity index (χ1n) is 5.59. The number of para-hydroxylation sites is 1. The van der Waals surface area contributed by atoms with Crippen LogP contribution in [0.15, 0.2) is 23.1 Å². The lowest BCUT2D eigenvalue weighted by molar-refractivity contribution is 0.731. The molecule has 1 heterocycles. The molecule has 2 heteroatoms. The molecule has 0 amide bonds. The van der Waals surface area contributed by atoms with Crippen molar-refractivity contribution in [3.05, 3.63) is 23.8 Å². The number of hydrogen-bond acceptors (Lipinski definition) is 2. The van der Waals surface area contributed by atoms with Gasteiger partial charge in [0.1, 0.15) is 0 Å². The van der Waals surface area contributed by atoms with E-state index in [1.54, 1.807) is 0 Å². The summed E-state index contributed by atoms with van der Waals surface area (Å²) in [7, 11) is 2.22. The molecule has 1 unspecified atom stereocenters. The van der Waals surface area contributed by atoms with Gasteiger partial charge in [0.15, 0.2) is 0 Å². The summed E-state index contributed by atoms with van der Waals surface area (Å²) >= 11 is 1.99. The maximum atomic E-state index is 2.43. The molecule has 1 aliphatic rings. The van der Waals surface area contributed by atoms with Crippen LogP contribution in [0.5, 0.6) is 0 Å². The maximum Gasteiger partial charge on any atom is 0.0539 e. The molecule has 2 rings (SSSR count). The molecular formula is C13H19NS. The molecular weight excluding hydrogens is 202 g/mol. The van der Waals surface area contributed by atoms with Gasteiger partial charge in [0.2, 0.25) is 0 Å². The summed E-state index contributed by atoms with van der Waals surface area (Å²) in [6.07, 6.45) is 0. The molecule has 0 N–H and O–H groups in total. The Labute approximate surface area is 96.9 Å². The molecule has 0 radical (unpaired) electrons. The number of nitrogens with zero attached hydrogens (tertiary/aromatic N) is 1. The molecule has 0 spiro atoms. The van der Waals surface area contributed by atoms with E-state index in [0.29, 0.717) is 12.0 Å². The summed E-state index contributed by atoms with van der Waals surface area (Å²) in [6.45, 7) is 6.84. The van der Waals surface area contributed by atoms with E-state index >= 15 is 0 Å². The lowest BCUT2D eigenvalue weighted by Gasteiger charge is -2.35. The van der Waals surface area contributed by atoms with Crippen LogP contribution < -0.4 is 4.90 Å². The van der Waals surface area contributed by atoms with Crippen LogP contribution in [-0.4, -0.2) is 18.8 Å². The van der Waals surface area contributed by atoms with Crippen molar-refractivity contribution in [3.63, 3.8) is 0 Å². The Morgan fingerprint density at radius 3 is 2.80 bits per heavy atom. The van der Waals surface area contributed by atoms with Crippen molar-refractivity contribution in [1.82, 2.24) is 0 Å². The maximum absolute atomic E-state index is 2.43. The molecule has 15 heavy (non-hydrogen) atoms. The van der Waals surface area contributed by atoms with Gasteiger partial charge < -0.3 is 4.90 Å². The summed E-state index contributed by atoms with van der Waals surface area (Å²) in [5.41, 5.74) is 2.94. The van der Waals surface area contributed by atoms with E-state index in [4.69, 9.17) is 0 Å². The van der Waals surface area contributed by atoms with Gasteiger partial charge in [0, 0.05) is 23.7 Å². The van der Waals surface area contributed by atoms with Crippen molar-refractivity contribution in [2.45, 2.75) is 37.6 Å². The largest absolute Gasteiger partial charge is 0.370 e. The Morgan fingerprint density at radius 2 is 2.13 bits per heavy atom. The summed E-state index contributed by atoms with van der Waals surface area (Å²) in [4.78, 5) is 3.88. The Hall–Kier alpha value is -0.630. The molecule has 1 aromatic rings. The van der Waals surface area contributed by atoms with Crippen LogP contribution in [0.3, 0.4) is 0 Å². The third-order valence-electron chi connectivity index (χ3n) is 3.15. The molecule has 0 saturated carbocycles. The lowest BCUT2D eigenvalue weighted by Crippen LogP contribution is -2.34. The fourth-order valence-electron chi connectivity index (χ4n) is 2.04. The van der Waals surface area contributed by atoms with E-state index in [2.05, 4.69) is 50.9 Å². The lowest BCUT2D eigenvalue weighted by atomic mass is 10.00. The zero-order valence-corrected chi connectivity index (χ0v) is 10.8. The topological polar surface area (TPSA) is 3.24 Å². The van der Waals surface area contributed by atoms with Gasteiger partial charge in [-0.2, -0.15) is 0 Å². The Morgan fingerprint density at radius 1 is 1.40 bits per heavy atom. The third kappa shape index (κ3) is 1.87. The molecule has 0 aromatic heterocycles. The summed E-state index contributed by atoms with van der Waals surface area (Å²) in [6, 6.07) is 7.33. The fraction of sp³-hybridized carbons (Fsp3) is 0.538. The van der Waals surface area contributed by atoms with Crippen LogP contribution in [0.2, 0.25) is 0 Å². The second-order valence-electron chi connectivity index (χ2n) is 4.62. The molecule has 1 nitrogen and oxygen atoms in total. The molecule has 1 atom stereocenters. The highest BCUT2D eigenvalue weighted by molar-refractivity contribution is 7.99. The first kappa shape index (κ1) is 10.9. The normalized spacial score (nSPS) is 20.6. The van der Waals surface area contributed by atoms with E-state index in [1.165, 1.54) is 21.9 Å². The highest BCUT2D eigenvalue weighted by Gasteiger charge is 2.23. The van der Waals surface area contributed by atoms with Gasteiger partial charge in [0.25, 0.3) is 0 Å². The first-order chi connectivity index (χ1) is 7.11. The van der Waals surface area contributed by atoms with Crippen LogP contribution in [0.25, 0.3) is 0 Å². The van der Waals surface area contributed by atoms with Crippen LogP contribution in [-0.2, 0) is 0 Å². The quantitative estimate of drug-likeness (QED) is 0.710. The zero-order valence-electron chi connectivity index (χ0n) is 9.95. The Kier molecular flexibility index (Phi) is 2.96. The first-order valence-corrected chi connectivity index (χ1v) is 6.58. The van der Waals surface area contributed by atoms with E-state index in [1.807, 2.05) is 11.8 Å². The average molecular weight is 221 g/mol.